The highest BCUT2D eigenvalue weighted by molar-refractivity contribution is 5.81. The Morgan fingerprint density at radius 3 is 1.21 bits per heavy atom. The molecule has 0 bridgehead atoms. The zero-order chi connectivity index (χ0) is 26.3. The van der Waals surface area contributed by atoms with E-state index in [0.717, 1.165) is 46.3 Å². The van der Waals surface area contributed by atoms with Crippen LogP contribution in [0.4, 0.5) is 34.1 Å². The van der Waals surface area contributed by atoms with Crippen molar-refractivity contribution in [3.05, 3.63) is 139 Å². The van der Waals surface area contributed by atoms with E-state index in [0.29, 0.717) is 5.92 Å². The summed E-state index contributed by atoms with van der Waals surface area (Å²) >= 11 is 0. The van der Waals surface area contributed by atoms with Gasteiger partial charge in [-0.15, -0.1) is 0 Å². The quantitative estimate of drug-likeness (QED) is 0.201. The summed E-state index contributed by atoms with van der Waals surface area (Å²) in [6, 6.07) is 46.9. The van der Waals surface area contributed by atoms with Gasteiger partial charge in [0.25, 0.3) is 0 Å². The van der Waals surface area contributed by atoms with Gasteiger partial charge in [-0.1, -0.05) is 62.4 Å². The van der Waals surface area contributed by atoms with Gasteiger partial charge in [0, 0.05) is 34.1 Å². The fraction of sp³-hybridized carbons (Fsp3) is 0.143. The molecular formula is C35H34N2O. The second kappa shape index (κ2) is 11.7. The highest BCUT2D eigenvalue weighted by atomic mass is 16.5. The molecule has 1 unspecified atom stereocenters. The molecular weight excluding hydrogens is 464 g/mol. The summed E-state index contributed by atoms with van der Waals surface area (Å²) < 4.78 is 5.42. The predicted molar refractivity (Wildman–Crippen MR) is 161 cm³/mol. The second-order valence-electron chi connectivity index (χ2n) is 9.46. The number of nitrogens with zero attached hydrogens (tertiary/aromatic N) is 2. The number of anilines is 6. The van der Waals surface area contributed by atoms with Gasteiger partial charge in [0.05, 0.1) is 7.11 Å². The summed E-state index contributed by atoms with van der Waals surface area (Å²) in [5, 5.41) is 0. The van der Waals surface area contributed by atoms with Crippen molar-refractivity contribution >= 4 is 34.1 Å². The highest BCUT2D eigenvalue weighted by Crippen LogP contribution is 2.39. The number of hydrogen-bond acceptors (Lipinski definition) is 3. The Kier molecular flexibility index (Phi) is 7.75. The van der Waals surface area contributed by atoms with Crippen molar-refractivity contribution in [1.82, 2.24) is 0 Å². The van der Waals surface area contributed by atoms with E-state index in [9.17, 15) is 0 Å². The summed E-state index contributed by atoms with van der Waals surface area (Å²) in [6.07, 6.45) is 1.13. The molecule has 0 N–H and O–H groups in total. The summed E-state index contributed by atoms with van der Waals surface area (Å²) in [6.45, 7) is 4.51. The Morgan fingerprint density at radius 1 is 0.500 bits per heavy atom. The summed E-state index contributed by atoms with van der Waals surface area (Å²) in [5.74, 6) is 1.39. The van der Waals surface area contributed by atoms with Crippen molar-refractivity contribution in [3.63, 3.8) is 0 Å². The van der Waals surface area contributed by atoms with Gasteiger partial charge in [-0.25, -0.2) is 0 Å². The predicted octanol–water partition coefficient (Wildman–Crippen LogP) is 10.1. The highest BCUT2D eigenvalue weighted by Gasteiger charge is 2.16. The van der Waals surface area contributed by atoms with E-state index >= 15 is 0 Å². The van der Waals surface area contributed by atoms with Crippen LogP contribution >= 0.6 is 0 Å². The molecule has 5 aromatic rings. The molecule has 0 aliphatic rings. The molecule has 1 atom stereocenters. The third-order valence-electron chi connectivity index (χ3n) is 7.06. The fourth-order valence-corrected chi connectivity index (χ4v) is 4.72. The molecule has 0 heterocycles. The van der Waals surface area contributed by atoms with Crippen molar-refractivity contribution in [2.75, 3.05) is 16.9 Å². The molecule has 0 aromatic heterocycles. The van der Waals surface area contributed by atoms with Crippen LogP contribution in [0.25, 0.3) is 0 Å². The molecule has 0 saturated carbocycles. The van der Waals surface area contributed by atoms with E-state index in [1.54, 1.807) is 7.11 Å². The Morgan fingerprint density at radius 2 is 0.842 bits per heavy atom. The van der Waals surface area contributed by atoms with Crippen LogP contribution in [0.2, 0.25) is 0 Å². The first-order valence-corrected chi connectivity index (χ1v) is 13.2. The van der Waals surface area contributed by atoms with Crippen LogP contribution in [0.5, 0.6) is 5.75 Å². The lowest BCUT2D eigenvalue weighted by Crippen LogP contribution is -2.12. The van der Waals surface area contributed by atoms with Gasteiger partial charge in [-0.05, 0) is 103 Å². The largest absolute Gasteiger partial charge is 0.497 e. The van der Waals surface area contributed by atoms with Gasteiger partial charge < -0.3 is 14.5 Å². The average Bonchev–Trinajstić information content (AvgIpc) is 2.99. The van der Waals surface area contributed by atoms with Crippen molar-refractivity contribution < 1.29 is 4.74 Å². The minimum absolute atomic E-state index is 0.541. The molecule has 190 valence electrons. The molecule has 0 fully saturated rings. The zero-order valence-electron chi connectivity index (χ0n) is 22.3. The van der Waals surface area contributed by atoms with Crippen LogP contribution in [0, 0.1) is 0 Å². The molecule has 3 heteroatoms. The van der Waals surface area contributed by atoms with E-state index in [1.165, 1.54) is 5.56 Å². The first kappa shape index (κ1) is 25.2. The lowest BCUT2D eigenvalue weighted by molar-refractivity contribution is 0.415. The molecule has 38 heavy (non-hydrogen) atoms. The number of benzene rings is 5. The third-order valence-corrected chi connectivity index (χ3v) is 7.06. The van der Waals surface area contributed by atoms with Crippen molar-refractivity contribution in [3.8, 4) is 5.75 Å². The Bertz CT molecular complexity index is 1370. The molecule has 0 amide bonds. The van der Waals surface area contributed by atoms with Gasteiger partial charge >= 0.3 is 0 Å². The lowest BCUT2D eigenvalue weighted by atomic mass is 9.98. The molecule has 0 saturated heterocycles. The van der Waals surface area contributed by atoms with Crippen molar-refractivity contribution in [2.24, 2.45) is 0 Å². The van der Waals surface area contributed by atoms with Gasteiger partial charge in [-0.3, -0.25) is 0 Å². The number of rotatable bonds is 9. The molecule has 0 aliphatic carbocycles. The van der Waals surface area contributed by atoms with Crippen LogP contribution in [0.1, 0.15) is 31.7 Å². The molecule has 3 nitrogen and oxygen atoms in total. The van der Waals surface area contributed by atoms with Gasteiger partial charge in [-0.2, -0.15) is 0 Å². The SMILES string of the molecule is CCC(C)c1ccc(N(c2ccc(OC)cc2)c2ccc(N(c3ccccc3)c3ccccc3)cc2)cc1. The van der Waals surface area contributed by atoms with Crippen LogP contribution in [-0.4, -0.2) is 7.11 Å². The molecule has 0 spiro atoms. The van der Waals surface area contributed by atoms with Crippen LogP contribution in [-0.2, 0) is 0 Å². The summed E-state index contributed by atoms with van der Waals surface area (Å²) in [7, 11) is 1.70. The molecule has 5 aromatic carbocycles. The Balaban J connectivity index is 1.55. The fourth-order valence-electron chi connectivity index (χ4n) is 4.72. The maximum Gasteiger partial charge on any atom is 0.119 e. The Labute approximate surface area is 226 Å². The summed E-state index contributed by atoms with van der Waals surface area (Å²) in [5.41, 5.74) is 8.01. The third kappa shape index (κ3) is 5.42. The number of hydrogen-bond donors (Lipinski definition) is 0. The van der Waals surface area contributed by atoms with E-state index in [1.807, 2.05) is 12.1 Å². The van der Waals surface area contributed by atoms with Gasteiger partial charge in [0.1, 0.15) is 5.75 Å². The maximum absolute atomic E-state index is 5.42. The smallest absolute Gasteiger partial charge is 0.119 e. The minimum Gasteiger partial charge on any atom is -0.497 e. The van der Waals surface area contributed by atoms with Gasteiger partial charge in [0.2, 0.25) is 0 Å². The normalized spacial score (nSPS) is 11.6. The monoisotopic (exact) mass is 498 g/mol. The number of methoxy groups -OCH3 is 1. The number of para-hydroxylation sites is 2. The van der Waals surface area contributed by atoms with Crippen LogP contribution in [0.3, 0.4) is 0 Å². The average molecular weight is 499 g/mol. The number of ether oxygens (including phenoxy) is 1. The summed E-state index contributed by atoms with van der Waals surface area (Å²) in [4.78, 5) is 4.57. The first-order valence-electron chi connectivity index (χ1n) is 13.2. The van der Waals surface area contributed by atoms with Crippen molar-refractivity contribution in [2.45, 2.75) is 26.2 Å². The van der Waals surface area contributed by atoms with Crippen LogP contribution < -0.4 is 14.5 Å². The van der Waals surface area contributed by atoms with E-state index in [2.05, 4.69) is 145 Å². The van der Waals surface area contributed by atoms with Gasteiger partial charge in [0.15, 0.2) is 0 Å². The lowest BCUT2D eigenvalue weighted by Gasteiger charge is -2.28. The Hall–Kier alpha value is -4.50. The minimum atomic E-state index is 0.541. The van der Waals surface area contributed by atoms with Crippen LogP contribution in [0.15, 0.2) is 133 Å². The molecule has 5 rings (SSSR count). The standard InChI is InChI=1S/C35H34N2O/c1-4-27(2)28-15-17-31(18-16-28)37(34-23-25-35(38-3)26-24-34)33-21-19-32(20-22-33)36(29-11-7-5-8-12-29)30-13-9-6-10-14-30/h5-27H,4H2,1-3H3. The van der Waals surface area contributed by atoms with E-state index < -0.39 is 0 Å². The topological polar surface area (TPSA) is 15.7 Å². The van der Waals surface area contributed by atoms with E-state index in [4.69, 9.17) is 4.74 Å². The maximum atomic E-state index is 5.42. The van der Waals surface area contributed by atoms with Crippen molar-refractivity contribution in [1.29, 1.82) is 0 Å². The molecule has 0 radical (unpaired) electrons. The second-order valence-corrected chi connectivity index (χ2v) is 9.46. The molecule has 0 aliphatic heterocycles. The first-order chi connectivity index (χ1) is 18.7. The van der Waals surface area contributed by atoms with E-state index in [-0.39, 0.29) is 0 Å². The zero-order valence-corrected chi connectivity index (χ0v) is 22.3.